The average molecular weight is 254 g/mol. The number of anilines is 2. The third-order valence-corrected chi connectivity index (χ3v) is 2.90. The average Bonchev–Trinajstić information content (AvgIpc) is 2.38. The zero-order valence-electron chi connectivity index (χ0n) is 11.2. The number of hydrogen-bond donors (Lipinski definition) is 4. The number of ether oxygens (including phenoxy) is 1. The molecule has 1 aromatic rings. The van der Waals surface area contributed by atoms with Gasteiger partial charge in [0.15, 0.2) is 0 Å². The maximum atomic E-state index is 8.87. The highest BCUT2D eigenvalue weighted by atomic mass is 16.5. The summed E-state index contributed by atoms with van der Waals surface area (Å²) in [5, 5.41) is 24.0. The summed E-state index contributed by atoms with van der Waals surface area (Å²) < 4.78 is 5.39. The molecule has 1 aromatic carbocycles. The lowest BCUT2D eigenvalue weighted by atomic mass is 10.0. The van der Waals surface area contributed by atoms with E-state index in [9.17, 15) is 0 Å². The highest BCUT2D eigenvalue weighted by Gasteiger charge is 2.12. The smallest absolute Gasteiger partial charge is 0.145 e. The molecule has 0 saturated heterocycles. The van der Waals surface area contributed by atoms with E-state index in [0.29, 0.717) is 13.1 Å². The lowest BCUT2D eigenvalue weighted by molar-refractivity contribution is 0.310. The first kappa shape index (κ1) is 14.6. The van der Waals surface area contributed by atoms with Crippen LogP contribution < -0.4 is 15.4 Å². The molecule has 0 aliphatic carbocycles. The van der Waals surface area contributed by atoms with Gasteiger partial charge < -0.3 is 25.6 Å². The summed E-state index contributed by atoms with van der Waals surface area (Å²) in [6, 6.07) is 1.94. The molecule has 0 atom stereocenters. The van der Waals surface area contributed by atoms with Gasteiger partial charge in [0.05, 0.1) is 26.0 Å². The molecule has 1 rings (SSSR count). The Balaban J connectivity index is 3.09. The minimum absolute atomic E-state index is 0.0650. The van der Waals surface area contributed by atoms with Gasteiger partial charge in [-0.2, -0.15) is 0 Å². The molecule has 5 heteroatoms. The second-order valence-corrected chi connectivity index (χ2v) is 4.06. The van der Waals surface area contributed by atoms with Crippen molar-refractivity contribution < 1.29 is 14.9 Å². The molecule has 102 valence electrons. The van der Waals surface area contributed by atoms with Gasteiger partial charge in [0.1, 0.15) is 5.75 Å². The summed E-state index contributed by atoms with van der Waals surface area (Å²) in [6.07, 6.45) is 0. The summed E-state index contributed by atoms with van der Waals surface area (Å²) in [4.78, 5) is 0. The Labute approximate surface area is 108 Å². The van der Waals surface area contributed by atoms with E-state index in [1.54, 1.807) is 7.11 Å². The number of aliphatic hydroxyl groups excluding tert-OH is 2. The van der Waals surface area contributed by atoms with E-state index in [1.165, 1.54) is 0 Å². The van der Waals surface area contributed by atoms with E-state index in [-0.39, 0.29) is 13.2 Å². The third kappa shape index (κ3) is 3.27. The predicted octanol–water partition coefficient (Wildman–Crippen LogP) is 1.12. The van der Waals surface area contributed by atoms with Crippen molar-refractivity contribution in [2.75, 3.05) is 44.0 Å². The van der Waals surface area contributed by atoms with Gasteiger partial charge in [0, 0.05) is 18.8 Å². The lowest BCUT2D eigenvalue weighted by Gasteiger charge is -2.19. The molecule has 0 fully saturated rings. The predicted molar refractivity (Wildman–Crippen MR) is 73.6 cm³/mol. The second-order valence-electron chi connectivity index (χ2n) is 4.06. The second kappa shape index (κ2) is 7.08. The monoisotopic (exact) mass is 254 g/mol. The fraction of sp³-hybridized carbons (Fsp3) is 0.538. The molecule has 0 aliphatic rings. The first-order valence-corrected chi connectivity index (χ1v) is 6.03. The molecule has 0 spiro atoms. The largest absolute Gasteiger partial charge is 0.494 e. The van der Waals surface area contributed by atoms with Crippen molar-refractivity contribution >= 4 is 11.4 Å². The van der Waals surface area contributed by atoms with Crippen LogP contribution in [0.1, 0.15) is 11.1 Å². The number of nitrogens with one attached hydrogen (secondary N) is 2. The van der Waals surface area contributed by atoms with Crippen LogP contribution in [0.25, 0.3) is 0 Å². The SMILES string of the molecule is COc1c(NCCO)cc(NCCO)c(C)c1C. The highest BCUT2D eigenvalue weighted by molar-refractivity contribution is 5.72. The van der Waals surface area contributed by atoms with Crippen molar-refractivity contribution in [1.82, 2.24) is 0 Å². The van der Waals surface area contributed by atoms with Gasteiger partial charge in [0.2, 0.25) is 0 Å². The zero-order chi connectivity index (χ0) is 13.5. The highest BCUT2D eigenvalue weighted by Crippen LogP contribution is 2.35. The van der Waals surface area contributed by atoms with E-state index >= 15 is 0 Å². The molecular weight excluding hydrogens is 232 g/mol. The van der Waals surface area contributed by atoms with Gasteiger partial charge in [0.25, 0.3) is 0 Å². The van der Waals surface area contributed by atoms with Crippen LogP contribution in [0.2, 0.25) is 0 Å². The van der Waals surface area contributed by atoms with Crippen molar-refractivity contribution in [3.63, 3.8) is 0 Å². The fourth-order valence-corrected chi connectivity index (χ4v) is 1.85. The molecule has 0 unspecified atom stereocenters. The van der Waals surface area contributed by atoms with Crippen LogP contribution in [0.15, 0.2) is 6.07 Å². The Kier molecular flexibility index (Phi) is 5.74. The topological polar surface area (TPSA) is 73.8 Å². The Morgan fingerprint density at radius 3 is 2.06 bits per heavy atom. The molecule has 0 aliphatic heterocycles. The molecular formula is C13H22N2O3. The van der Waals surface area contributed by atoms with E-state index < -0.39 is 0 Å². The van der Waals surface area contributed by atoms with Crippen molar-refractivity contribution in [2.45, 2.75) is 13.8 Å². The van der Waals surface area contributed by atoms with Gasteiger partial charge in [-0.15, -0.1) is 0 Å². The van der Waals surface area contributed by atoms with E-state index in [0.717, 1.165) is 28.3 Å². The molecule has 0 bridgehead atoms. The molecule has 0 heterocycles. The van der Waals surface area contributed by atoms with Crippen molar-refractivity contribution in [3.8, 4) is 5.75 Å². The van der Waals surface area contributed by atoms with E-state index in [2.05, 4.69) is 10.6 Å². The maximum Gasteiger partial charge on any atom is 0.145 e. The van der Waals surface area contributed by atoms with Crippen molar-refractivity contribution in [2.24, 2.45) is 0 Å². The quantitative estimate of drug-likeness (QED) is 0.587. The van der Waals surface area contributed by atoms with E-state index in [1.807, 2.05) is 19.9 Å². The summed E-state index contributed by atoms with van der Waals surface area (Å²) in [5.41, 5.74) is 3.94. The Hall–Kier alpha value is -1.46. The standard InChI is InChI=1S/C13H22N2O3/c1-9-10(2)13(18-3)12(15-5-7-17)8-11(9)14-4-6-16/h8,14-17H,4-7H2,1-3H3. The van der Waals surface area contributed by atoms with Crippen LogP contribution >= 0.6 is 0 Å². The van der Waals surface area contributed by atoms with Gasteiger partial charge in [-0.3, -0.25) is 0 Å². The third-order valence-electron chi connectivity index (χ3n) is 2.90. The molecule has 18 heavy (non-hydrogen) atoms. The minimum atomic E-state index is 0.0650. The van der Waals surface area contributed by atoms with Crippen molar-refractivity contribution in [3.05, 3.63) is 17.2 Å². The fourth-order valence-electron chi connectivity index (χ4n) is 1.85. The number of rotatable bonds is 7. The van der Waals surface area contributed by atoms with Crippen LogP contribution in [0.3, 0.4) is 0 Å². The van der Waals surface area contributed by atoms with Gasteiger partial charge in [-0.05, 0) is 31.0 Å². The summed E-state index contributed by atoms with van der Waals surface area (Å²) in [6.45, 7) is 5.12. The summed E-state index contributed by atoms with van der Waals surface area (Å²) in [7, 11) is 1.63. The van der Waals surface area contributed by atoms with Crippen LogP contribution in [-0.4, -0.2) is 43.6 Å². The van der Waals surface area contributed by atoms with E-state index in [4.69, 9.17) is 14.9 Å². The van der Waals surface area contributed by atoms with Crippen LogP contribution in [0.5, 0.6) is 5.75 Å². The molecule has 4 N–H and O–H groups in total. The van der Waals surface area contributed by atoms with Crippen LogP contribution in [0.4, 0.5) is 11.4 Å². The Morgan fingerprint density at radius 1 is 1.00 bits per heavy atom. The van der Waals surface area contributed by atoms with Crippen molar-refractivity contribution in [1.29, 1.82) is 0 Å². The van der Waals surface area contributed by atoms with Gasteiger partial charge >= 0.3 is 0 Å². The number of benzene rings is 1. The summed E-state index contributed by atoms with van der Waals surface area (Å²) in [5.74, 6) is 0.787. The summed E-state index contributed by atoms with van der Waals surface area (Å²) >= 11 is 0. The Morgan fingerprint density at radius 2 is 1.56 bits per heavy atom. The number of aliphatic hydroxyl groups is 2. The number of hydrogen-bond acceptors (Lipinski definition) is 5. The number of methoxy groups -OCH3 is 1. The lowest BCUT2D eigenvalue weighted by Crippen LogP contribution is -2.11. The minimum Gasteiger partial charge on any atom is -0.494 e. The van der Waals surface area contributed by atoms with Gasteiger partial charge in [-0.1, -0.05) is 0 Å². The first-order chi connectivity index (χ1) is 8.65. The van der Waals surface area contributed by atoms with Crippen LogP contribution in [0, 0.1) is 13.8 Å². The van der Waals surface area contributed by atoms with Gasteiger partial charge in [-0.25, -0.2) is 0 Å². The molecule has 5 nitrogen and oxygen atoms in total. The molecule has 0 amide bonds. The van der Waals surface area contributed by atoms with Crippen LogP contribution in [-0.2, 0) is 0 Å². The molecule has 0 radical (unpaired) electrons. The maximum absolute atomic E-state index is 8.87. The zero-order valence-corrected chi connectivity index (χ0v) is 11.2. The normalized spacial score (nSPS) is 10.3. The molecule has 0 saturated carbocycles. The Bertz CT molecular complexity index is 394. The first-order valence-electron chi connectivity index (χ1n) is 6.03. The molecule has 0 aromatic heterocycles.